The maximum absolute atomic E-state index is 12.0. The Morgan fingerprint density at radius 1 is 1.33 bits per heavy atom. The first kappa shape index (κ1) is 18.3. The molecule has 0 saturated heterocycles. The lowest BCUT2D eigenvalue weighted by Gasteiger charge is -2.08. The molecular weight excluding hydrogens is 334 g/mol. The topological polar surface area (TPSA) is 83.5 Å². The molecule has 0 heterocycles. The smallest absolute Gasteiger partial charge is 0.337 e. The van der Waals surface area contributed by atoms with E-state index >= 15 is 0 Å². The summed E-state index contributed by atoms with van der Waals surface area (Å²) in [5.74, 6) is -0.121. The van der Waals surface area contributed by atoms with Crippen LogP contribution in [0.1, 0.15) is 29.6 Å². The number of halogens is 1. The summed E-state index contributed by atoms with van der Waals surface area (Å²) < 4.78 is 26.6. The molecule has 0 fully saturated rings. The summed E-state index contributed by atoms with van der Waals surface area (Å²) in [7, 11) is -3.65. The number of nitrogens with one attached hydrogen (secondary N) is 1. The van der Waals surface area contributed by atoms with Crippen molar-refractivity contribution in [3.63, 3.8) is 0 Å². The highest BCUT2D eigenvalue weighted by molar-refractivity contribution is 7.98. The number of carbonyl (C=O) groups is 1. The zero-order valence-electron chi connectivity index (χ0n) is 11.6. The maximum Gasteiger partial charge on any atom is 0.337 e. The van der Waals surface area contributed by atoms with Crippen molar-refractivity contribution in [1.29, 1.82) is 0 Å². The van der Waals surface area contributed by atoms with Crippen molar-refractivity contribution >= 4 is 39.4 Å². The Kier molecular flexibility index (Phi) is 7.51. The molecule has 0 aliphatic rings. The highest BCUT2D eigenvalue weighted by Crippen LogP contribution is 2.20. The third-order valence-corrected chi connectivity index (χ3v) is 5.27. The third kappa shape index (κ3) is 5.86. The molecule has 21 heavy (non-hydrogen) atoms. The summed E-state index contributed by atoms with van der Waals surface area (Å²) in [6.45, 7) is 0.356. The van der Waals surface area contributed by atoms with Gasteiger partial charge in [0.2, 0.25) is 10.0 Å². The van der Waals surface area contributed by atoms with Crippen LogP contribution in [0.2, 0.25) is 5.02 Å². The van der Waals surface area contributed by atoms with Gasteiger partial charge < -0.3 is 5.11 Å². The summed E-state index contributed by atoms with van der Waals surface area (Å²) in [4.78, 5) is 10.8. The molecule has 0 amide bonds. The lowest BCUT2D eigenvalue weighted by Crippen LogP contribution is -2.25. The molecule has 0 aliphatic carbocycles. The number of sulfonamides is 1. The van der Waals surface area contributed by atoms with Crippen LogP contribution in [-0.2, 0) is 10.0 Å². The second-order valence-electron chi connectivity index (χ2n) is 4.40. The molecule has 0 radical (unpaired) electrons. The fourth-order valence-corrected chi connectivity index (χ4v) is 3.59. The maximum atomic E-state index is 12.0. The van der Waals surface area contributed by atoms with Crippen molar-refractivity contribution in [3.8, 4) is 0 Å². The van der Waals surface area contributed by atoms with E-state index in [1.807, 2.05) is 6.26 Å². The minimum Gasteiger partial charge on any atom is -0.478 e. The van der Waals surface area contributed by atoms with Gasteiger partial charge in [-0.1, -0.05) is 18.0 Å². The van der Waals surface area contributed by atoms with Crippen LogP contribution in [0.3, 0.4) is 0 Å². The predicted molar refractivity (Wildman–Crippen MR) is 85.8 cm³/mol. The Balaban J connectivity index is 2.62. The molecule has 0 spiro atoms. The largest absolute Gasteiger partial charge is 0.478 e. The van der Waals surface area contributed by atoms with Gasteiger partial charge in [-0.25, -0.2) is 17.9 Å². The van der Waals surface area contributed by atoms with Crippen molar-refractivity contribution in [2.75, 3.05) is 18.6 Å². The predicted octanol–water partition coefficient (Wildman–Crippen LogP) is 2.85. The van der Waals surface area contributed by atoms with Gasteiger partial charge in [-0.05, 0) is 43.0 Å². The first-order chi connectivity index (χ1) is 9.88. The molecule has 5 nitrogen and oxygen atoms in total. The number of rotatable bonds is 9. The van der Waals surface area contributed by atoms with Crippen molar-refractivity contribution in [2.24, 2.45) is 0 Å². The van der Waals surface area contributed by atoms with E-state index in [-0.39, 0.29) is 15.5 Å². The average molecular weight is 352 g/mol. The Bertz CT molecular complexity index is 590. The number of aromatic carboxylic acids is 1. The van der Waals surface area contributed by atoms with Crippen LogP contribution >= 0.6 is 23.4 Å². The number of hydrogen-bond acceptors (Lipinski definition) is 4. The fourth-order valence-electron chi connectivity index (χ4n) is 1.67. The van der Waals surface area contributed by atoms with Crippen LogP contribution in [0.5, 0.6) is 0 Å². The lowest BCUT2D eigenvalue weighted by atomic mass is 10.2. The number of hydrogen-bond donors (Lipinski definition) is 2. The molecular formula is C13H18ClNO4S2. The number of thioether (sulfide) groups is 1. The Hall–Kier alpha value is -0.760. The summed E-state index contributed by atoms with van der Waals surface area (Å²) in [5, 5.41) is 8.76. The standard InChI is InChI=1S/C13H18ClNO4S2/c1-20-8-4-2-3-7-15-21(18,19)10-5-6-11(13(16)17)12(14)9-10/h5-6,9,15H,2-4,7-8H2,1H3,(H,16,17). The van der Waals surface area contributed by atoms with E-state index in [1.54, 1.807) is 11.8 Å². The number of benzene rings is 1. The zero-order valence-corrected chi connectivity index (χ0v) is 14.0. The third-order valence-electron chi connectivity index (χ3n) is 2.80. The van der Waals surface area contributed by atoms with Crippen LogP contribution in [0.25, 0.3) is 0 Å². The van der Waals surface area contributed by atoms with E-state index in [1.165, 1.54) is 12.1 Å². The first-order valence-corrected chi connectivity index (χ1v) is 9.65. The second kappa shape index (κ2) is 8.63. The van der Waals surface area contributed by atoms with Crippen LogP contribution < -0.4 is 4.72 Å². The van der Waals surface area contributed by atoms with E-state index in [0.29, 0.717) is 6.54 Å². The molecule has 0 saturated carbocycles. The van der Waals surface area contributed by atoms with Crippen LogP contribution in [0.15, 0.2) is 23.1 Å². The van der Waals surface area contributed by atoms with Gasteiger partial charge in [-0.2, -0.15) is 11.8 Å². The van der Waals surface area contributed by atoms with Gasteiger partial charge in [0.25, 0.3) is 0 Å². The monoisotopic (exact) mass is 351 g/mol. The van der Waals surface area contributed by atoms with Crippen LogP contribution in [-0.4, -0.2) is 38.0 Å². The van der Waals surface area contributed by atoms with E-state index in [2.05, 4.69) is 4.72 Å². The first-order valence-electron chi connectivity index (χ1n) is 6.40. The van der Waals surface area contributed by atoms with E-state index in [9.17, 15) is 13.2 Å². The van der Waals surface area contributed by atoms with Crippen molar-refractivity contribution in [3.05, 3.63) is 28.8 Å². The highest BCUT2D eigenvalue weighted by atomic mass is 35.5. The van der Waals surface area contributed by atoms with Crippen LogP contribution in [0.4, 0.5) is 0 Å². The minimum absolute atomic E-state index is 0.0263. The summed E-state index contributed by atoms with van der Waals surface area (Å²) in [6.07, 6.45) is 4.82. The van der Waals surface area contributed by atoms with Crippen molar-refractivity contribution < 1.29 is 18.3 Å². The molecule has 0 aliphatic heterocycles. The lowest BCUT2D eigenvalue weighted by molar-refractivity contribution is 0.0697. The van der Waals surface area contributed by atoms with Gasteiger partial charge in [-0.3, -0.25) is 0 Å². The number of unbranched alkanes of at least 4 members (excludes halogenated alkanes) is 2. The SMILES string of the molecule is CSCCCCCNS(=O)(=O)c1ccc(C(=O)O)c(Cl)c1. The summed E-state index contributed by atoms with van der Waals surface area (Å²) >= 11 is 7.54. The molecule has 118 valence electrons. The van der Waals surface area contributed by atoms with Gasteiger partial charge in [0.05, 0.1) is 15.5 Å². The fraction of sp³-hybridized carbons (Fsp3) is 0.462. The molecule has 0 unspecified atom stereocenters. The number of carboxylic acids is 1. The molecule has 0 aromatic heterocycles. The van der Waals surface area contributed by atoms with E-state index in [0.717, 1.165) is 31.1 Å². The second-order valence-corrected chi connectivity index (χ2v) is 7.56. The van der Waals surface area contributed by atoms with Gasteiger partial charge >= 0.3 is 5.97 Å². The number of carboxylic acid groups (broad SMARTS) is 1. The zero-order chi connectivity index (χ0) is 15.9. The van der Waals surface area contributed by atoms with E-state index in [4.69, 9.17) is 16.7 Å². The van der Waals surface area contributed by atoms with Crippen molar-refractivity contribution in [1.82, 2.24) is 4.72 Å². The van der Waals surface area contributed by atoms with Crippen molar-refractivity contribution in [2.45, 2.75) is 24.2 Å². The molecule has 1 aromatic rings. The molecule has 1 aromatic carbocycles. The summed E-state index contributed by atoms with van der Waals surface area (Å²) in [6, 6.07) is 3.59. The quantitative estimate of drug-likeness (QED) is 0.668. The van der Waals surface area contributed by atoms with Gasteiger partial charge in [0.15, 0.2) is 0 Å². The minimum atomic E-state index is -3.65. The Morgan fingerprint density at radius 3 is 2.62 bits per heavy atom. The average Bonchev–Trinajstić information content (AvgIpc) is 2.42. The molecule has 0 atom stereocenters. The molecule has 0 bridgehead atoms. The molecule has 8 heteroatoms. The van der Waals surface area contributed by atoms with E-state index < -0.39 is 16.0 Å². The Labute approximate surface area is 134 Å². The highest BCUT2D eigenvalue weighted by Gasteiger charge is 2.17. The normalized spacial score (nSPS) is 11.5. The van der Waals surface area contributed by atoms with Gasteiger partial charge in [0.1, 0.15) is 0 Å². The van der Waals surface area contributed by atoms with Crippen LogP contribution in [0, 0.1) is 0 Å². The Morgan fingerprint density at radius 2 is 2.05 bits per heavy atom. The molecule has 2 N–H and O–H groups in total. The van der Waals surface area contributed by atoms with Gasteiger partial charge in [-0.15, -0.1) is 0 Å². The summed E-state index contributed by atoms with van der Waals surface area (Å²) in [5.41, 5.74) is -0.118. The van der Waals surface area contributed by atoms with Gasteiger partial charge in [0, 0.05) is 6.54 Å². The molecule has 1 rings (SSSR count).